The average molecular weight is 391 g/mol. The van der Waals surface area contributed by atoms with Crippen LogP contribution < -0.4 is 5.32 Å². The number of rotatable bonds is 3. The second-order valence-corrected chi connectivity index (χ2v) is 10.0. The van der Waals surface area contributed by atoms with E-state index < -0.39 is 6.09 Å². The molecule has 0 aromatic rings. The van der Waals surface area contributed by atoms with Crippen LogP contribution in [-0.4, -0.2) is 82.8 Å². The minimum atomic E-state index is -0.757. The van der Waals surface area contributed by atoms with Crippen LogP contribution in [-0.2, 0) is 0 Å². The van der Waals surface area contributed by atoms with E-state index in [9.17, 15) is 14.7 Å². The number of likely N-dealkylation sites (tertiary alicyclic amines) is 3. The molecule has 5 aliphatic rings. The molecule has 1 atom stereocenters. The molecular formula is C21H34N4O3. The fourth-order valence-electron chi connectivity index (χ4n) is 6.32. The van der Waals surface area contributed by atoms with Gasteiger partial charge in [0.05, 0.1) is 0 Å². The highest BCUT2D eigenvalue weighted by molar-refractivity contribution is 5.75. The molecule has 2 aliphatic carbocycles. The Morgan fingerprint density at radius 1 is 0.964 bits per heavy atom. The second kappa shape index (κ2) is 7.08. The Morgan fingerprint density at radius 3 is 2.36 bits per heavy atom. The lowest BCUT2D eigenvalue weighted by atomic mass is 9.64. The standard InChI is InChI=1S/C21H34N4O3/c26-19(22-16-3-4-16)25-8-1-2-18(25)15-5-9-23(10-6-15)17-12-21(13-17)7-11-24(14-21)20(27)28/h15-18H,1-14H2,(H,22,26)(H,27,28)/t17?,18-,21?/m0/s1. The summed E-state index contributed by atoms with van der Waals surface area (Å²) >= 11 is 0. The molecule has 3 heterocycles. The van der Waals surface area contributed by atoms with Gasteiger partial charge < -0.3 is 25.1 Å². The highest BCUT2D eigenvalue weighted by atomic mass is 16.4. The van der Waals surface area contributed by atoms with Gasteiger partial charge in [-0.1, -0.05) is 0 Å². The van der Waals surface area contributed by atoms with Crippen LogP contribution in [0.3, 0.4) is 0 Å². The topological polar surface area (TPSA) is 76.1 Å². The lowest BCUT2D eigenvalue weighted by Gasteiger charge is -2.52. The average Bonchev–Trinajstić information content (AvgIpc) is 3.17. The van der Waals surface area contributed by atoms with Crippen molar-refractivity contribution in [1.82, 2.24) is 20.0 Å². The van der Waals surface area contributed by atoms with Crippen molar-refractivity contribution in [1.29, 1.82) is 0 Å². The van der Waals surface area contributed by atoms with Gasteiger partial charge in [0, 0.05) is 37.8 Å². The number of piperidine rings is 1. The molecule has 1 spiro atoms. The van der Waals surface area contributed by atoms with Crippen LogP contribution in [0.4, 0.5) is 9.59 Å². The maximum Gasteiger partial charge on any atom is 0.407 e. The SMILES string of the molecule is O=C(O)N1CCC2(CC(N3CCC([C@@H]4CCCN4C(=O)NC4CC4)CC3)C2)C1. The quantitative estimate of drug-likeness (QED) is 0.777. The number of carbonyl (C=O) groups is 2. The molecule has 0 aromatic heterocycles. The third-order valence-electron chi connectivity index (χ3n) is 8.15. The van der Waals surface area contributed by atoms with Gasteiger partial charge in [0.25, 0.3) is 0 Å². The first-order valence-corrected chi connectivity index (χ1v) is 11.3. The number of urea groups is 1. The lowest BCUT2D eigenvalue weighted by Crippen LogP contribution is -2.55. The summed E-state index contributed by atoms with van der Waals surface area (Å²) in [6.45, 7) is 4.66. The zero-order valence-corrected chi connectivity index (χ0v) is 16.8. The van der Waals surface area contributed by atoms with E-state index in [1.807, 2.05) is 0 Å². The Balaban J connectivity index is 1.09. The lowest BCUT2D eigenvalue weighted by molar-refractivity contribution is -0.0138. The Bertz CT molecular complexity index is 623. The molecule has 0 bridgehead atoms. The molecule has 7 nitrogen and oxygen atoms in total. The molecule has 2 saturated carbocycles. The number of carbonyl (C=O) groups excluding carboxylic acids is 1. The zero-order chi connectivity index (χ0) is 19.3. The van der Waals surface area contributed by atoms with Crippen molar-refractivity contribution in [3.8, 4) is 0 Å². The third-order valence-corrected chi connectivity index (χ3v) is 8.15. The fraction of sp³-hybridized carbons (Fsp3) is 0.905. The van der Waals surface area contributed by atoms with E-state index >= 15 is 0 Å². The Morgan fingerprint density at radius 2 is 1.71 bits per heavy atom. The Hall–Kier alpha value is -1.50. The van der Waals surface area contributed by atoms with Crippen LogP contribution >= 0.6 is 0 Å². The summed E-state index contributed by atoms with van der Waals surface area (Å²) in [7, 11) is 0. The predicted molar refractivity (Wildman–Crippen MR) is 105 cm³/mol. The first kappa shape index (κ1) is 18.5. The van der Waals surface area contributed by atoms with Crippen molar-refractivity contribution in [2.24, 2.45) is 11.3 Å². The maximum atomic E-state index is 12.6. The van der Waals surface area contributed by atoms with E-state index in [1.165, 1.54) is 32.1 Å². The van der Waals surface area contributed by atoms with Gasteiger partial charge in [0.1, 0.15) is 0 Å². The van der Waals surface area contributed by atoms with Crippen LogP contribution in [0.15, 0.2) is 0 Å². The Labute approximate surface area is 167 Å². The smallest absolute Gasteiger partial charge is 0.407 e. The van der Waals surface area contributed by atoms with Gasteiger partial charge in [-0.05, 0) is 82.2 Å². The van der Waals surface area contributed by atoms with E-state index in [4.69, 9.17) is 0 Å². The summed E-state index contributed by atoms with van der Waals surface area (Å²) in [5.41, 5.74) is 0.267. The van der Waals surface area contributed by atoms with Crippen LogP contribution in [0, 0.1) is 11.3 Å². The molecule has 0 unspecified atom stereocenters. The summed E-state index contributed by atoms with van der Waals surface area (Å²) in [5.74, 6) is 0.645. The van der Waals surface area contributed by atoms with Crippen LogP contribution in [0.5, 0.6) is 0 Å². The number of hydrogen-bond acceptors (Lipinski definition) is 3. The van der Waals surface area contributed by atoms with Crippen molar-refractivity contribution >= 4 is 12.1 Å². The summed E-state index contributed by atoms with van der Waals surface area (Å²) in [4.78, 5) is 30.1. The molecule has 7 heteroatoms. The predicted octanol–water partition coefficient (Wildman–Crippen LogP) is 2.57. The van der Waals surface area contributed by atoms with Crippen molar-refractivity contribution in [2.75, 3.05) is 32.7 Å². The number of nitrogens with zero attached hydrogens (tertiary/aromatic N) is 3. The van der Waals surface area contributed by atoms with E-state index in [0.29, 0.717) is 30.6 Å². The van der Waals surface area contributed by atoms with Gasteiger partial charge in [-0.3, -0.25) is 0 Å². The normalized spacial score (nSPS) is 36.7. The van der Waals surface area contributed by atoms with E-state index in [1.54, 1.807) is 4.90 Å². The molecule has 0 aromatic carbocycles. The minimum absolute atomic E-state index is 0.178. The van der Waals surface area contributed by atoms with Gasteiger partial charge in [-0.2, -0.15) is 0 Å². The number of amides is 3. The highest BCUT2D eigenvalue weighted by Crippen LogP contribution is 2.50. The van der Waals surface area contributed by atoms with Crippen molar-refractivity contribution < 1.29 is 14.7 Å². The van der Waals surface area contributed by atoms with E-state index in [0.717, 1.165) is 51.9 Å². The number of hydrogen-bond donors (Lipinski definition) is 2. The molecule has 5 fully saturated rings. The van der Waals surface area contributed by atoms with Gasteiger partial charge in [0.2, 0.25) is 0 Å². The minimum Gasteiger partial charge on any atom is -0.465 e. The third kappa shape index (κ3) is 3.46. The number of carboxylic acid groups (broad SMARTS) is 1. The van der Waals surface area contributed by atoms with Crippen LogP contribution in [0.2, 0.25) is 0 Å². The maximum absolute atomic E-state index is 12.6. The molecule has 28 heavy (non-hydrogen) atoms. The largest absolute Gasteiger partial charge is 0.465 e. The first-order valence-electron chi connectivity index (χ1n) is 11.3. The van der Waals surface area contributed by atoms with Crippen molar-refractivity contribution in [3.05, 3.63) is 0 Å². The van der Waals surface area contributed by atoms with Gasteiger partial charge >= 0.3 is 12.1 Å². The van der Waals surface area contributed by atoms with Crippen molar-refractivity contribution in [2.45, 2.75) is 75.9 Å². The molecule has 3 saturated heterocycles. The summed E-state index contributed by atoms with van der Waals surface area (Å²) in [6.07, 6.45) is 9.62. The summed E-state index contributed by atoms with van der Waals surface area (Å²) < 4.78 is 0. The molecule has 156 valence electrons. The van der Waals surface area contributed by atoms with Gasteiger partial charge in [0.15, 0.2) is 0 Å². The van der Waals surface area contributed by atoms with E-state index in [2.05, 4.69) is 15.1 Å². The fourth-order valence-corrected chi connectivity index (χ4v) is 6.32. The summed E-state index contributed by atoms with van der Waals surface area (Å²) in [6, 6.07) is 1.70. The van der Waals surface area contributed by atoms with Crippen molar-refractivity contribution in [3.63, 3.8) is 0 Å². The molecule has 3 amide bonds. The van der Waals surface area contributed by atoms with E-state index in [-0.39, 0.29) is 11.4 Å². The monoisotopic (exact) mass is 390 g/mol. The second-order valence-electron chi connectivity index (χ2n) is 10.0. The van der Waals surface area contributed by atoms with Gasteiger partial charge in [-0.15, -0.1) is 0 Å². The summed E-state index contributed by atoms with van der Waals surface area (Å²) in [5, 5.41) is 12.4. The molecule has 2 N–H and O–H groups in total. The highest BCUT2D eigenvalue weighted by Gasteiger charge is 2.51. The first-order chi connectivity index (χ1) is 13.5. The molecule has 5 rings (SSSR count). The van der Waals surface area contributed by atoms with Crippen LogP contribution in [0.1, 0.15) is 57.8 Å². The number of nitrogens with one attached hydrogen (secondary N) is 1. The van der Waals surface area contributed by atoms with Gasteiger partial charge in [-0.25, -0.2) is 9.59 Å². The zero-order valence-electron chi connectivity index (χ0n) is 16.8. The van der Waals surface area contributed by atoms with Crippen LogP contribution in [0.25, 0.3) is 0 Å². The molecule has 0 radical (unpaired) electrons. The molecular weight excluding hydrogens is 356 g/mol. The Kier molecular flexibility index (Phi) is 4.68. The molecule has 3 aliphatic heterocycles.